The van der Waals surface area contributed by atoms with E-state index in [1.807, 2.05) is 54.6 Å². The number of hydrogen-bond acceptors (Lipinski definition) is 11. The minimum Gasteiger partial charge on any atom is -0.489 e. The van der Waals surface area contributed by atoms with Gasteiger partial charge in [-0.3, -0.25) is 9.59 Å². The van der Waals surface area contributed by atoms with Crippen molar-refractivity contribution < 1.29 is 42.1 Å². The van der Waals surface area contributed by atoms with Crippen LogP contribution in [0.1, 0.15) is 46.4 Å². The second-order valence-corrected chi connectivity index (χ2v) is 19.0. The van der Waals surface area contributed by atoms with Gasteiger partial charge in [-0.2, -0.15) is 9.57 Å². The number of carbonyl (C=O) groups is 3. The number of carboxylic acids is 1. The quantitative estimate of drug-likeness (QED) is 0.102. The zero-order chi connectivity index (χ0) is 45.1. The summed E-state index contributed by atoms with van der Waals surface area (Å²) in [5.41, 5.74) is 5.67. The third-order valence-electron chi connectivity index (χ3n) is 10.6. The summed E-state index contributed by atoms with van der Waals surface area (Å²) in [6.45, 7) is 1.44. The second-order valence-electron chi connectivity index (χ2n) is 15.0. The summed E-state index contributed by atoms with van der Waals surface area (Å²) in [5, 5.41) is 25.4. The highest BCUT2D eigenvalue weighted by atomic mass is 35.5. The Kier molecular flexibility index (Phi) is 12.9. The van der Waals surface area contributed by atoms with E-state index in [1.165, 1.54) is 6.92 Å². The van der Waals surface area contributed by atoms with E-state index in [1.54, 1.807) is 48.5 Å². The number of fused-ring (bicyclic) bond motifs is 2. The number of rotatable bonds is 13. The van der Waals surface area contributed by atoms with Gasteiger partial charge in [-0.25, -0.2) is 18.2 Å². The number of benzene rings is 5. The number of nitrogens with one attached hydrogen (secondary N) is 2. The van der Waals surface area contributed by atoms with Crippen LogP contribution in [-0.4, -0.2) is 59.3 Å². The van der Waals surface area contributed by atoms with Crippen LogP contribution in [0.25, 0.3) is 11.1 Å². The predicted molar refractivity (Wildman–Crippen MR) is 239 cm³/mol. The Morgan fingerprint density at radius 3 is 2.30 bits per heavy atom. The molecule has 18 heteroatoms. The van der Waals surface area contributed by atoms with Crippen molar-refractivity contribution in [2.24, 2.45) is 0 Å². The van der Waals surface area contributed by atoms with E-state index in [4.69, 9.17) is 42.7 Å². The van der Waals surface area contributed by atoms with Gasteiger partial charge in [0, 0.05) is 19.9 Å². The lowest BCUT2D eigenvalue weighted by molar-refractivity contribution is -0.142. The molecule has 1 aromatic heterocycles. The molecule has 2 aliphatic rings. The first-order valence-electron chi connectivity index (χ1n) is 19.7. The number of amides is 2. The number of aromatic nitrogens is 1. The van der Waals surface area contributed by atoms with Gasteiger partial charge < -0.3 is 30.0 Å². The summed E-state index contributed by atoms with van der Waals surface area (Å²) in [7, 11) is -4.45. The summed E-state index contributed by atoms with van der Waals surface area (Å²) in [4.78, 5) is 42.6. The summed E-state index contributed by atoms with van der Waals surface area (Å²) >= 11 is 12.9. The molecule has 326 valence electrons. The average molecular weight is 939 g/mol. The lowest BCUT2D eigenvalue weighted by atomic mass is 9.94. The molecule has 0 saturated heterocycles. The Labute approximate surface area is 382 Å². The highest BCUT2D eigenvalue weighted by Crippen LogP contribution is 2.42. The van der Waals surface area contributed by atoms with Crippen LogP contribution in [0.5, 0.6) is 17.2 Å². The first-order chi connectivity index (χ1) is 30.7. The Morgan fingerprint density at radius 1 is 0.938 bits per heavy atom. The molecule has 0 spiro atoms. The molecule has 0 aliphatic carbocycles. The van der Waals surface area contributed by atoms with Gasteiger partial charge >= 0.3 is 5.97 Å². The minimum absolute atomic E-state index is 0.0531. The molecule has 0 fully saturated rings. The lowest BCUT2D eigenvalue weighted by Crippen LogP contribution is -2.55. The highest BCUT2D eigenvalue weighted by molar-refractivity contribution is 7.91. The Balaban J connectivity index is 1.01. The molecule has 0 bridgehead atoms. The number of halogens is 2. The van der Waals surface area contributed by atoms with E-state index < -0.39 is 46.0 Å². The van der Waals surface area contributed by atoms with Crippen molar-refractivity contribution in [2.75, 3.05) is 11.9 Å². The van der Waals surface area contributed by atoms with Crippen molar-refractivity contribution in [3.05, 3.63) is 153 Å². The van der Waals surface area contributed by atoms with Crippen molar-refractivity contribution in [1.82, 2.24) is 14.6 Å². The highest BCUT2D eigenvalue weighted by Gasteiger charge is 2.42. The predicted octanol–water partition coefficient (Wildman–Crippen LogP) is 7.97. The summed E-state index contributed by atoms with van der Waals surface area (Å²) in [6, 6.07) is 29.5. The summed E-state index contributed by atoms with van der Waals surface area (Å²) < 4.78 is 48.1. The number of sulfonamides is 1. The molecule has 3 N–H and O–H groups in total. The van der Waals surface area contributed by atoms with Gasteiger partial charge in [0.2, 0.25) is 11.8 Å². The molecule has 3 atom stereocenters. The number of thiazole rings is 1. The van der Waals surface area contributed by atoms with Crippen molar-refractivity contribution in [1.29, 1.82) is 5.26 Å². The van der Waals surface area contributed by atoms with Gasteiger partial charge in [0.05, 0.1) is 27.9 Å². The smallest absolute Gasteiger partial charge is 0.326 e. The third-order valence-corrected chi connectivity index (χ3v) is 14.6. The topological polar surface area (TPSA) is 197 Å². The second kappa shape index (κ2) is 18.7. The van der Waals surface area contributed by atoms with Crippen LogP contribution < -0.4 is 24.8 Å². The Hall–Kier alpha value is -6.48. The number of anilines is 1. The van der Waals surface area contributed by atoms with E-state index in [0.29, 0.717) is 49.5 Å². The van der Waals surface area contributed by atoms with Gasteiger partial charge in [0.1, 0.15) is 31.0 Å². The van der Waals surface area contributed by atoms with Crippen LogP contribution in [0.3, 0.4) is 0 Å². The average Bonchev–Trinajstić information content (AvgIpc) is 3.77. The Morgan fingerprint density at radius 2 is 1.62 bits per heavy atom. The fourth-order valence-corrected chi connectivity index (χ4v) is 10.4. The number of hydrogen-bond donors (Lipinski definition) is 3. The molecular weight excluding hydrogens is 902 g/mol. The van der Waals surface area contributed by atoms with Crippen molar-refractivity contribution in [3.8, 4) is 34.4 Å². The number of aliphatic carboxylic acids is 1. The van der Waals surface area contributed by atoms with Crippen molar-refractivity contribution in [2.45, 2.75) is 55.3 Å². The van der Waals surface area contributed by atoms with Gasteiger partial charge in [-0.05, 0) is 93.9 Å². The maximum atomic E-state index is 14.4. The monoisotopic (exact) mass is 937 g/mol. The largest absolute Gasteiger partial charge is 0.489 e. The van der Waals surface area contributed by atoms with E-state index in [-0.39, 0.29) is 41.9 Å². The zero-order valence-corrected chi connectivity index (χ0v) is 36.9. The number of nitrogens with zero attached hydrogens (tertiary/aromatic N) is 3. The first kappa shape index (κ1) is 44.1. The third kappa shape index (κ3) is 9.84. The Bertz CT molecular complexity index is 2910. The van der Waals surface area contributed by atoms with E-state index >= 15 is 0 Å². The van der Waals surface area contributed by atoms with Crippen LogP contribution in [0.4, 0.5) is 5.13 Å². The minimum atomic E-state index is -4.45. The fourth-order valence-electron chi connectivity index (χ4n) is 7.32. The molecule has 6 aromatic rings. The molecule has 5 aromatic carbocycles. The molecule has 0 saturated carbocycles. The summed E-state index contributed by atoms with van der Waals surface area (Å²) in [6.07, 6.45) is 0.387. The molecule has 1 unspecified atom stereocenters. The molecule has 3 heterocycles. The number of nitriles is 1. The van der Waals surface area contributed by atoms with Crippen LogP contribution in [0, 0.1) is 11.3 Å². The number of carboxylic acid groups (broad SMARTS) is 1. The SMILES string of the molecule is CC(=O)Nc1ncc(S(=O)(=O)N2Cc3cc4c(cc3CC2C(=O)N[C@@H](Cc2ccc(-c3ccc(C#N)cc3)cc2)C(=O)O)OC[C@H](c2ccc(OCc3ccc(Cl)c(Cl)c3)cc2)O4)s1. The summed E-state index contributed by atoms with van der Waals surface area (Å²) in [5.74, 6) is -1.17. The van der Waals surface area contributed by atoms with Gasteiger partial charge in [-0.15, -0.1) is 0 Å². The fraction of sp³-hybridized carbons (Fsp3) is 0.196. The van der Waals surface area contributed by atoms with Crippen LogP contribution >= 0.6 is 34.5 Å². The molecule has 64 heavy (non-hydrogen) atoms. The molecule has 0 radical (unpaired) electrons. The standard InChI is InChI=1S/C46H37Cl2N5O9S2/c1-26(54)51-46-50-22-43(63-46)64(58,59)53-23-34-20-41-40(61-25-42(62-41)32-11-13-35(14-12-32)60-24-29-6-15-36(47)37(48)16-29)19-33(34)18-39(53)44(55)52-38(45(56)57)17-27-2-7-30(8-3-27)31-9-4-28(21-49)5-10-31/h2-16,19-20,22,38-39,42H,17-18,23-25H2,1H3,(H,52,55)(H,56,57)(H,50,51,54)/t38-,39?,42+/m0/s1. The normalized spacial score (nSPS) is 16.2. The molecule has 8 rings (SSSR count). The van der Waals surface area contributed by atoms with Gasteiger partial charge in [0.15, 0.2) is 26.9 Å². The van der Waals surface area contributed by atoms with Crippen LogP contribution in [0.15, 0.2) is 114 Å². The number of ether oxygens (including phenoxy) is 3. The van der Waals surface area contributed by atoms with Gasteiger partial charge in [-0.1, -0.05) is 89.1 Å². The van der Waals surface area contributed by atoms with Crippen molar-refractivity contribution >= 4 is 67.5 Å². The van der Waals surface area contributed by atoms with E-state index in [0.717, 1.165) is 44.1 Å². The maximum absolute atomic E-state index is 14.4. The van der Waals surface area contributed by atoms with E-state index in [2.05, 4.69) is 21.7 Å². The first-order valence-corrected chi connectivity index (χ1v) is 22.7. The molecule has 2 aliphatic heterocycles. The zero-order valence-electron chi connectivity index (χ0n) is 33.8. The van der Waals surface area contributed by atoms with Crippen LogP contribution in [0.2, 0.25) is 10.0 Å². The van der Waals surface area contributed by atoms with Crippen LogP contribution in [-0.2, 0) is 50.4 Å². The molecular formula is C46H37Cl2N5O9S2. The lowest BCUT2D eigenvalue weighted by Gasteiger charge is -2.36. The van der Waals surface area contributed by atoms with Gasteiger partial charge in [0.25, 0.3) is 10.0 Å². The van der Waals surface area contributed by atoms with Crippen molar-refractivity contribution in [3.63, 3.8) is 0 Å². The maximum Gasteiger partial charge on any atom is 0.326 e. The number of carbonyl (C=O) groups excluding carboxylic acids is 2. The molecule has 14 nitrogen and oxygen atoms in total. The van der Waals surface area contributed by atoms with E-state index in [9.17, 15) is 27.9 Å². The molecule has 2 amide bonds.